The minimum absolute atomic E-state index is 0.0909. The number of hydrogen-bond donors (Lipinski definition) is 1. The predicted molar refractivity (Wildman–Crippen MR) is 124 cm³/mol. The van der Waals surface area contributed by atoms with Gasteiger partial charge in [-0.25, -0.2) is 9.67 Å². The molecular weight excluding hydrogens is 410 g/mol. The Balaban J connectivity index is 1.58. The summed E-state index contributed by atoms with van der Waals surface area (Å²) in [4.78, 5) is 17.4. The Morgan fingerprint density at radius 2 is 1.71 bits per heavy atom. The molecule has 0 aliphatic carbocycles. The van der Waals surface area contributed by atoms with Gasteiger partial charge in [0.2, 0.25) is 5.91 Å². The van der Waals surface area contributed by atoms with E-state index in [9.17, 15) is 4.79 Å². The second-order valence-electron chi connectivity index (χ2n) is 7.94. The maximum Gasteiger partial charge on any atom is 0.241 e. The first kappa shape index (κ1) is 21.1. The molecule has 4 aromatic rings. The van der Waals surface area contributed by atoms with Crippen molar-refractivity contribution in [2.24, 2.45) is 0 Å². The summed E-state index contributed by atoms with van der Waals surface area (Å²) in [6.45, 7) is 8.80. The second kappa shape index (κ2) is 8.55. The monoisotopic (exact) mass is 435 g/mol. The summed E-state index contributed by atoms with van der Waals surface area (Å²) in [6, 6.07) is 13.9. The SMILES string of the molecule is Cc1cc(C)c2c(-n3c(C)ccc3C)nn(CC(=O)NCCc3ccc(Cl)cc3)c2n1. The number of aryl methyl sites for hydroxylation is 4. The van der Waals surface area contributed by atoms with Gasteiger partial charge in [-0.15, -0.1) is 0 Å². The summed E-state index contributed by atoms with van der Waals surface area (Å²) >= 11 is 5.93. The van der Waals surface area contributed by atoms with E-state index in [0.29, 0.717) is 11.6 Å². The van der Waals surface area contributed by atoms with Crippen LogP contribution in [0.3, 0.4) is 0 Å². The molecule has 6 nitrogen and oxygen atoms in total. The molecule has 0 spiro atoms. The van der Waals surface area contributed by atoms with Crippen molar-refractivity contribution in [3.63, 3.8) is 0 Å². The first-order valence-corrected chi connectivity index (χ1v) is 10.7. The van der Waals surface area contributed by atoms with Crippen molar-refractivity contribution in [1.82, 2.24) is 24.6 Å². The van der Waals surface area contributed by atoms with E-state index in [2.05, 4.69) is 48.9 Å². The second-order valence-corrected chi connectivity index (χ2v) is 8.37. The predicted octanol–water partition coefficient (Wildman–Crippen LogP) is 4.47. The zero-order valence-electron chi connectivity index (χ0n) is 18.2. The van der Waals surface area contributed by atoms with Crippen molar-refractivity contribution in [3.8, 4) is 5.82 Å². The number of carbonyl (C=O) groups excluding carboxylic acids is 1. The van der Waals surface area contributed by atoms with Crippen LogP contribution in [0.5, 0.6) is 0 Å². The highest BCUT2D eigenvalue weighted by Gasteiger charge is 2.19. The molecular formula is C24H26ClN5O. The molecule has 0 saturated carbocycles. The van der Waals surface area contributed by atoms with Crippen LogP contribution in [0.25, 0.3) is 16.9 Å². The van der Waals surface area contributed by atoms with Crippen LogP contribution in [0, 0.1) is 27.7 Å². The number of pyridine rings is 1. The van der Waals surface area contributed by atoms with Crippen molar-refractivity contribution in [2.75, 3.05) is 6.54 Å². The van der Waals surface area contributed by atoms with E-state index in [1.54, 1.807) is 4.68 Å². The van der Waals surface area contributed by atoms with Gasteiger partial charge in [-0.1, -0.05) is 23.7 Å². The van der Waals surface area contributed by atoms with E-state index in [1.165, 1.54) is 0 Å². The molecule has 0 fully saturated rings. The molecule has 0 aliphatic rings. The molecule has 7 heteroatoms. The van der Waals surface area contributed by atoms with Gasteiger partial charge in [0.15, 0.2) is 11.5 Å². The van der Waals surface area contributed by atoms with Gasteiger partial charge < -0.3 is 9.88 Å². The van der Waals surface area contributed by atoms with Gasteiger partial charge in [0, 0.05) is 28.6 Å². The number of nitrogens with zero attached hydrogens (tertiary/aromatic N) is 4. The lowest BCUT2D eigenvalue weighted by Gasteiger charge is -2.07. The van der Waals surface area contributed by atoms with Gasteiger partial charge in [-0.2, -0.15) is 5.10 Å². The van der Waals surface area contributed by atoms with Crippen molar-refractivity contribution >= 4 is 28.5 Å². The lowest BCUT2D eigenvalue weighted by atomic mass is 10.1. The highest BCUT2D eigenvalue weighted by Crippen LogP contribution is 2.27. The van der Waals surface area contributed by atoms with E-state index in [0.717, 1.165) is 51.5 Å². The maximum absolute atomic E-state index is 12.7. The van der Waals surface area contributed by atoms with Crippen molar-refractivity contribution in [3.05, 3.63) is 75.7 Å². The van der Waals surface area contributed by atoms with Gasteiger partial charge in [-0.05, 0) is 75.6 Å². The van der Waals surface area contributed by atoms with E-state index in [-0.39, 0.29) is 12.5 Å². The largest absolute Gasteiger partial charge is 0.354 e. The van der Waals surface area contributed by atoms with E-state index in [1.807, 2.05) is 31.2 Å². The fraction of sp³-hybridized carbons (Fsp3) is 0.292. The molecule has 0 bridgehead atoms. The van der Waals surface area contributed by atoms with Crippen LogP contribution in [0.15, 0.2) is 42.5 Å². The molecule has 0 atom stereocenters. The van der Waals surface area contributed by atoms with E-state index >= 15 is 0 Å². The molecule has 4 rings (SSSR count). The van der Waals surface area contributed by atoms with Crippen LogP contribution in [-0.4, -0.2) is 31.8 Å². The summed E-state index contributed by atoms with van der Waals surface area (Å²) in [7, 11) is 0. The molecule has 31 heavy (non-hydrogen) atoms. The van der Waals surface area contributed by atoms with E-state index in [4.69, 9.17) is 21.7 Å². The normalized spacial score (nSPS) is 11.3. The average Bonchev–Trinajstić information content (AvgIpc) is 3.22. The third kappa shape index (κ3) is 4.35. The summed E-state index contributed by atoms with van der Waals surface area (Å²) in [5, 5.41) is 9.48. The van der Waals surface area contributed by atoms with Crippen LogP contribution < -0.4 is 5.32 Å². The lowest BCUT2D eigenvalue weighted by molar-refractivity contribution is -0.121. The van der Waals surface area contributed by atoms with Gasteiger partial charge >= 0.3 is 0 Å². The average molecular weight is 436 g/mol. The lowest BCUT2D eigenvalue weighted by Crippen LogP contribution is -2.29. The molecule has 3 aromatic heterocycles. The Kier molecular flexibility index (Phi) is 5.83. The number of benzene rings is 1. The van der Waals surface area contributed by atoms with Gasteiger partial charge in [-0.3, -0.25) is 4.79 Å². The third-order valence-electron chi connectivity index (χ3n) is 5.43. The van der Waals surface area contributed by atoms with Crippen molar-refractivity contribution in [1.29, 1.82) is 0 Å². The summed E-state index contributed by atoms with van der Waals surface area (Å²) in [6.07, 6.45) is 0.742. The first-order valence-electron chi connectivity index (χ1n) is 10.3. The highest BCUT2D eigenvalue weighted by molar-refractivity contribution is 6.30. The number of nitrogens with one attached hydrogen (secondary N) is 1. The van der Waals surface area contributed by atoms with Crippen molar-refractivity contribution < 1.29 is 4.79 Å². The van der Waals surface area contributed by atoms with Crippen molar-refractivity contribution in [2.45, 2.75) is 40.7 Å². The molecule has 0 radical (unpaired) electrons. The third-order valence-corrected chi connectivity index (χ3v) is 5.69. The fourth-order valence-corrected chi connectivity index (χ4v) is 4.08. The van der Waals surface area contributed by atoms with Crippen LogP contribution in [-0.2, 0) is 17.8 Å². The smallest absolute Gasteiger partial charge is 0.241 e. The zero-order valence-corrected chi connectivity index (χ0v) is 19.0. The Labute approximate surface area is 186 Å². The first-order chi connectivity index (χ1) is 14.8. The minimum Gasteiger partial charge on any atom is -0.354 e. The number of fused-ring (bicyclic) bond motifs is 1. The molecule has 1 N–H and O–H groups in total. The fourth-order valence-electron chi connectivity index (χ4n) is 3.95. The molecule has 1 amide bonds. The van der Waals surface area contributed by atoms with Crippen LogP contribution in [0.4, 0.5) is 0 Å². The van der Waals surface area contributed by atoms with E-state index < -0.39 is 0 Å². The molecule has 0 aliphatic heterocycles. The topological polar surface area (TPSA) is 64.7 Å². The number of rotatable bonds is 6. The van der Waals surface area contributed by atoms with Gasteiger partial charge in [0.25, 0.3) is 0 Å². The summed E-state index contributed by atoms with van der Waals surface area (Å²) in [5.74, 6) is 0.723. The zero-order chi connectivity index (χ0) is 22.1. The van der Waals surface area contributed by atoms with Gasteiger partial charge in [0.05, 0.1) is 5.39 Å². The quantitative estimate of drug-likeness (QED) is 0.486. The summed E-state index contributed by atoms with van der Waals surface area (Å²) in [5.41, 5.74) is 6.05. The number of hydrogen-bond acceptors (Lipinski definition) is 3. The molecule has 0 unspecified atom stereocenters. The molecule has 3 heterocycles. The standard InChI is InChI=1S/C24H26ClN5O/c1-15-13-16(2)27-23-22(15)24(30-17(3)5-6-18(30)4)28-29(23)14-21(31)26-12-11-19-7-9-20(25)10-8-19/h5-10,13H,11-12,14H2,1-4H3,(H,26,31). The maximum atomic E-state index is 12.7. The number of amides is 1. The van der Waals surface area contributed by atoms with Crippen LogP contribution in [0.1, 0.15) is 28.2 Å². The molecule has 160 valence electrons. The van der Waals surface area contributed by atoms with Crippen LogP contribution in [0.2, 0.25) is 5.02 Å². The Bertz CT molecular complexity index is 1230. The Morgan fingerprint density at radius 3 is 2.39 bits per heavy atom. The molecule has 1 aromatic carbocycles. The van der Waals surface area contributed by atoms with Crippen LogP contribution >= 0.6 is 11.6 Å². The van der Waals surface area contributed by atoms with Gasteiger partial charge in [0.1, 0.15) is 6.54 Å². The number of aromatic nitrogens is 4. The Morgan fingerprint density at radius 1 is 1.03 bits per heavy atom. The minimum atomic E-state index is -0.0909. The Hall–Kier alpha value is -3.12. The number of halogens is 1. The number of carbonyl (C=O) groups is 1. The summed E-state index contributed by atoms with van der Waals surface area (Å²) < 4.78 is 3.82. The molecule has 0 saturated heterocycles. The highest BCUT2D eigenvalue weighted by atomic mass is 35.5.